The summed E-state index contributed by atoms with van der Waals surface area (Å²) < 4.78 is 43.1. The van der Waals surface area contributed by atoms with E-state index in [1.54, 1.807) is 0 Å². The first-order chi connectivity index (χ1) is 7.88. The Balaban J connectivity index is 2.52. The minimum atomic E-state index is -4.46. The summed E-state index contributed by atoms with van der Waals surface area (Å²) >= 11 is 3.00. The van der Waals surface area contributed by atoms with Gasteiger partial charge in [-0.2, -0.15) is 13.2 Å². The van der Waals surface area contributed by atoms with Gasteiger partial charge in [0.05, 0.1) is 28.8 Å². The third kappa shape index (κ3) is 2.54. The van der Waals surface area contributed by atoms with Gasteiger partial charge in [0.15, 0.2) is 5.75 Å². The summed E-state index contributed by atoms with van der Waals surface area (Å²) in [4.78, 5) is 11.2. The average Bonchev–Trinajstić information content (AvgIpc) is 2.37. The smallest absolute Gasteiger partial charge is 0.416 e. The monoisotopic (exact) mass is 309 g/mol. The van der Waals surface area contributed by atoms with Crippen LogP contribution in [0, 0.1) is 0 Å². The second-order valence-corrected chi connectivity index (χ2v) is 4.33. The summed E-state index contributed by atoms with van der Waals surface area (Å²) in [6.07, 6.45) is -4.35. The lowest BCUT2D eigenvalue weighted by Gasteiger charge is -2.13. The lowest BCUT2D eigenvalue weighted by atomic mass is 10.2. The van der Waals surface area contributed by atoms with E-state index < -0.39 is 11.7 Å². The zero-order valence-electron chi connectivity index (χ0n) is 8.40. The van der Waals surface area contributed by atoms with Crippen LogP contribution in [0.25, 0.3) is 0 Å². The molecule has 3 nitrogen and oxygen atoms in total. The highest BCUT2D eigenvalue weighted by Crippen LogP contribution is 2.41. The van der Waals surface area contributed by atoms with Crippen molar-refractivity contribution in [2.45, 2.75) is 12.6 Å². The summed E-state index contributed by atoms with van der Waals surface area (Å²) in [5.74, 6) is -0.140. The fourth-order valence-corrected chi connectivity index (χ4v) is 2.03. The number of halogens is 4. The van der Waals surface area contributed by atoms with E-state index in [0.29, 0.717) is 0 Å². The van der Waals surface area contributed by atoms with Crippen LogP contribution < -0.4 is 10.1 Å². The van der Waals surface area contributed by atoms with Gasteiger partial charge < -0.3 is 10.1 Å². The molecule has 1 amide bonds. The van der Waals surface area contributed by atoms with Crippen molar-refractivity contribution in [1.29, 1.82) is 0 Å². The Hall–Kier alpha value is -1.24. The molecule has 17 heavy (non-hydrogen) atoms. The van der Waals surface area contributed by atoms with Gasteiger partial charge in [-0.25, -0.2) is 0 Å². The second-order valence-electron chi connectivity index (χ2n) is 3.48. The van der Waals surface area contributed by atoms with Gasteiger partial charge in [0.2, 0.25) is 5.91 Å². The Morgan fingerprint density at radius 2 is 2.06 bits per heavy atom. The zero-order chi connectivity index (χ0) is 12.6. The van der Waals surface area contributed by atoms with Crippen molar-refractivity contribution in [3.8, 4) is 5.75 Å². The molecule has 0 aliphatic carbocycles. The molecule has 0 spiro atoms. The van der Waals surface area contributed by atoms with E-state index in [9.17, 15) is 18.0 Å². The normalized spacial score (nSPS) is 15.6. The lowest BCUT2D eigenvalue weighted by molar-refractivity contribution is -0.137. The Kier molecular flexibility index (Phi) is 3.03. The van der Waals surface area contributed by atoms with E-state index in [1.807, 2.05) is 0 Å². The number of carbonyl (C=O) groups excluding carboxylic acids is 1. The van der Waals surface area contributed by atoms with Crippen molar-refractivity contribution in [3.63, 3.8) is 0 Å². The number of benzene rings is 1. The first-order valence-corrected chi connectivity index (χ1v) is 5.50. The molecule has 0 atom stereocenters. The van der Waals surface area contributed by atoms with Crippen LogP contribution in [0.3, 0.4) is 0 Å². The standard InChI is InChI=1S/C10H7BrF3NO2/c11-6-3-5(10(12,13)14)4-7-9(6)17-2-1-8(16)15-7/h3-4H,1-2H2,(H,15,16). The summed E-state index contributed by atoms with van der Waals surface area (Å²) in [5.41, 5.74) is -0.803. The largest absolute Gasteiger partial charge is 0.490 e. The predicted octanol–water partition coefficient (Wildman–Crippen LogP) is 3.19. The van der Waals surface area contributed by atoms with Crippen LogP contribution in [0.4, 0.5) is 18.9 Å². The third-order valence-corrected chi connectivity index (χ3v) is 2.81. The molecule has 0 aromatic heterocycles. The number of hydrogen-bond acceptors (Lipinski definition) is 2. The molecule has 92 valence electrons. The van der Waals surface area contributed by atoms with Crippen molar-refractivity contribution in [1.82, 2.24) is 0 Å². The molecular weight excluding hydrogens is 303 g/mol. The number of amides is 1. The summed E-state index contributed by atoms with van der Waals surface area (Å²) in [5, 5.41) is 2.38. The Bertz CT molecular complexity index is 473. The molecule has 0 saturated heterocycles. The fraction of sp³-hybridized carbons (Fsp3) is 0.300. The van der Waals surface area contributed by atoms with Crippen LogP contribution in [0.1, 0.15) is 12.0 Å². The highest BCUT2D eigenvalue weighted by molar-refractivity contribution is 9.10. The Labute approximate surface area is 103 Å². The van der Waals surface area contributed by atoms with E-state index >= 15 is 0 Å². The molecule has 0 bridgehead atoms. The van der Waals surface area contributed by atoms with Crippen LogP contribution >= 0.6 is 15.9 Å². The molecule has 1 aliphatic rings. The minimum Gasteiger partial charge on any atom is -0.490 e. The highest BCUT2D eigenvalue weighted by Gasteiger charge is 2.33. The second kappa shape index (κ2) is 4.21. The summed E-state index contributed by atoms with van der Waals surface area (Å²) in [6.45, 7) is 0.142. The topological polar surface area (TPSA) is 38.3 Å². The molecule has 1 aromatic carbocycles. The maximum absolute atomic E-state index is 12.6. The number of anilines is 1. The predicted molar refractivity (Wildman–Crippen MR) is 57.9 cm³/mol. The van der Waals surface area contributed by atoms with Crippen LogP contribution in [0.15, 0.2) is 16.6 Å². The number of alkyl halides is 3. The molecule has 1 aliphatic heterocycles. The van der Waals surface area contributed by atoms with Crippen molar-refractivity contribution >= 4 is 27.5 Å². The molecule has 0 unspecified atom stereocenters. The highest BCUT2D eigenvalue weighted by atomic mass is 79.9. The van der Waals surface area contributed by atoms with Crippen LogP contribution in [0.2, 0.25) is 0 Å². The van der Waals surface area contributed by atoms with Crippen LogP contribution in [-0.4, -0.2) is 12.5 Å². The van der Waals surface area contributed by atoms with Crippen LogP contribution in [0.5, 0.6) is 5.75 Å². The number of rotatable bonds is 0. The first-order valence-electron chi connectivity index (χ1n) is 4.71. The molecule has 1 heterocycles. The lowest BCUT2D eigenvalue weighted by Crippen LogP contribution is -2.11. The summed E-state index contributed by atoms with van der Waals surface area (Å²) in [6, 6.07) is 1.79. The maximum atomic E-state index is 12.6. The number of hydrogen-bond donors (Lipinski definition) is 1. The van der Waals surface area contributed by atoms with Crippen molar-refractivity contribution in [2.24, 2.45) is 0 Å². The van der Waals surface area contributed by atoms with Gasteiger partial charge >= 0.3 is 6.18 Å². The molecule has 7 heteroatoms. The molecule has 1 aromatic rings. The number of nitrogens with one attached hydrogen (secondary N) is 1. The number of ether oxygens (including phenoxy) is 1. The van der Waals surface area contributed by atoms with Gasteiger partial charge in [-0.15, -0.1) is 0 Å². The molecule has 1 N–H and O–H groups in total. The molecule has 0 fully saturated rings. The summed E-state index contributed by atoms with van der Waals surface area (Å²) in [7, 11) is 0. The molecule has 2 rings (SSSR count). The van der Waals surface area contributed by atoms with E-state index in [4.69, 9.17) is 4.74 Å². The maximum Gasteiger partial charge on any atom is 0.416 e. The van der Waals surface area contributed by atoms with Gasteiger partial charge in [-0.1, -0.05) is 0 Å². The zero-order valence-corrected chi connectivity index (χ0v) is 9.98. The van der Waals surface area contributed by atoms with Crippen LogP contribution in [-0.2, 0) is 11.0 Å². The Morgan fingerprint density at radius 1 is 1.35 bits per heavy atom. The first kappa shape index (κ1) is 12.2. The van der Waals surface area contributed by atoms with Crippen molar-refractivity contribution < 1.29 is 22.7 Å². The van der Waals surface area contributed by atoms with Gasteiger partial charge in [0.1, 0.15) is 0 Å². The van der Waals surface area contributed by atoms with E-state index in [0.717, 1.165) is 12.1 Å². The molecular formula is C10H7BrF3NO2. The number of fused-ring (bicyclic) bond motifs is 1. The number of carbonyl (C=O) groups is 1. The van der Waals surface area contributed by atoms with E-state index in [1.165, 1.54) is 0 Å². The van der Waals surface area contributed by atoms with Gasteiger partial charge in [0, 0.05) is 0 Å². The average molecular weight is 310 g/mol. The molecule has 0 radical (unpaired) electrons. The fourth-order valence-electron chi connectivity index (χ4n) is 1.46. The molecule has 0 saturated carbocycles. The van der Waals surface area contributed by atoms with Crippen molar-refractivity contribution in [3.05, 3.63) is 22.2 Å². The quantitative estimate of drug-likeness (QED) is 0.799. The SMILES string of the molecule is O=C1CCOc2c(Br)cc(C(F)(F)F)cc2N1. The van der Waals surface area contributed by atoms with E-state index in [-0.39, 0.29) is 34.8 Å². The van der Waals surface area contributed by atoms with Crippen molar-refractivity contribution in [2.75, 3.05) is 11.9 Å². The third-order valence-electron chi connectivity index (χ3n) is 2.22. The van der Waals surface area contributed by atoms with Gasteiger partial charge in [0.25, 0.3) is 0 Å². The Morgan fingerprint density at radius 3 is 2.71 bits per heavy atom. The van der Waals surface area contributed by atoms with Gasteiger partial charge in [-0.05, 0) is 28.1 Å². The van der Waals surface area contributed by atoms with Gasteiger partial charge in [-0.3, -0.25) is 4.79 Å². The minimum absolute atomic E-state index is 0.0363. The van der Waals surface area contributed by atoms with E-state index in [2.05, 4.69) is 21.2 Å².